The van der Waals surface area contributed by atoms with E-state index >= 15 is 0 Å². The third-order valence-electron chi connectivity index (χ3n) is 3.93. The van der Waals surface area contributed by atoms with E-state index in [4.69, 9.17) is 16.3 Å². The topological polar surface area (TPSA) is 67.3 Å². The lowest BCUT2D eigenvalue weighted by molar-refractivity contribution is 0.0457. The van der Waals surface area contributed by atoms with E-state index in [0.29, 0.717) is 12.8 Å². The Morgan fingerprint density at radius 3 is 2.95 bits per heavy atom. The Bertz CT molecular complexity index is 739. The maximum Gasteiger partial charge on any atom is 0.412 e. The van der Waals surface area contributed by atoms with Crippen LogP contribution in [-0.2, 0) is 4.74 Å². The standard InChI is InChI=1S/C15H18ClN3O3/c1-2-22-15(21)19-12(16)8-5-9-13(19)18-11-7-4-3-6-10(11)17-14(18)20/h3-4,6-7,12-13H,2,5,8-9H2,1H3,(H,17,20). The van der Waals surface area contributed by atoms with Crippen molar-refractivity contribution in [1.29, 1.82) is 0 Å². The average molecular weight is 324 g/mol. The van der Waals surface area contributed by atoms with Gasteiger partial charge in [0.15, 0.2) is 0 Å². The summed E-state index contributed by atoms with van der Waals surface area (Å²) in [6.07, 6.45) is 1.29. The number of H-pyrrole nitrogens is 1. The molecule has 2 heterocycles. The first-order valence-corrected chi connectivity index (χ1v) is 7.85. The number of ether oxygens (including phenoxy) is 1. The van der Waals surface area contributed by atoms with Crippen LogP contribution in [0.15, 0.2) is 29.1 Å². The first-order chi connectivity index (χ1) is 10.6. The molecule has 0 radical (unpaired) electrons. The van der Waals surface area contributed by atoms with E-state index in [1.165, 1.54) is 4.90 Å². The number of nitrogens with one attached hydrogen (secondary N) is 1. The van der Waals surface area contributed by atoms with Crippen LogP contribution >= 0.6 is 11.6 Å². The molecule has 2 unspecified atom stereocenters. The van der Waals surface area contributed by atoms with Crippen LogP contribution in [0.3, 0.4) is 0 Å². The Balaban J connectivity index is 2.08. The van der Waals surface area contributed by atoms with Crippen molar-refractivity contribution in [3.05, 3.63) is 34.7 Å². The summed E-state index contributed by atoms with van der Waals surface area (Å²) in [4.78, 5) is 28.9. The fraction of sp³-hybridized carbons (Fsp3) is 0.467. The van der Waals surface area contributed by atoms with Crippen molar-refractivity contribution in [2.24, 2.45) is 0 Å². The number of carbonyl (C=O) groups is 1. The van der Waals surface area contributed by atoms with Gasteiger partial charge in [-0.3, -0.25) is 9.47 Å². The molecule has 1 N–H and O–H groups in total. The predicted octanol–water partition coefficient (Wildman–Crippen LogP) is 3.04. The van der Waals surface area contributed by atoms with Gasteiger partial charge < -0.3 is 9.72 Å². The number of amides is 1. The van der Waals surface area contributed by atoms with Gasteiger partial charge in [0.1, 0.15) is 11.7 Å². The van der Waals surface area contributed by atoms with Gasteiger partial charge in [-0.25, -0.2) is 9.59 Å². The van der Waals surface area contributed by atoms with E-state index in [2.05, 4.69) is 4.98 Å². The van der Waals surface area contributed by atoms with Crippen molar-refractivity contribution >= 4 is 28.7 Å². The fourth-order valence-corrected chi connectivity index (χ4v) is 3.36. The minimum atomic E-state index is -0.482. The number of para-hydroxylation sites is 2. The Labute approximate surface area is 132 Å². The van der Waals surface area contributed by atoms with Crippen molar-refractivity contribution in [2.75, 3.05) is 6.61 Å². The number of rotatable bonds is 2. The predicted molar refractivity (Wildman–Crippen MR) is 83.9 cm³/mol. The molecule has 1 aliphatic rings. The Kier molecular flexibility index (Phi) is 4.11. The molecule has 6 nitrogen and oxygen atoms in total. The molecule has 22 heavy (non-hydrogen) atoms. The normalized spacial score (nSPS) is 22.0. The molecule has 7 heteroatoms. The van der Waals surface area contributed by atoms with Crippen LogP contribution < -0.4 is 5.69 Å². The number of aromatic amines is 1. The number of imidazole rings is 1. The van der Waals surface area contributed by atoms with Gasteiger partial charge in [0.2, 0.25) is 0 Å². The molecule has 0 saturated carbocycles. The highest BCUT2D eigenvalue weighted by atomic mass is 35.5. The van der Waals surface area contributed by atoms with Gasteiger partial charge in [-0.2, -0.15) is 0 Å². The lowest BCUT2D eigenvalue weighted by atomic mass is 10.1. The van der Waals surface area contributed by atoms with Gasteiger partial charge in [0.25, 0.3) is 0 Å². The summed E-state index contributed by atoms with van der Waals surface area (Å²) in [6.45, 7) is 2.02. The van der Waals surface area contributed by atoms with Crippen LogP contribution in [0.25, 0.3) is 11.0 Å². The Hall–Kier alpha value is -1.95. The summed E-state index contributed by atoms with van der Waals surface area (Å²) in [5, 5.41) is 0. The minimum Gasteiger partial charge on any atom is -0.450 e. The summed E-state index contributed by atoms with van der Waals surface area (Å²) in [5.74, 6) is 0. The molecule has 1 saturated heterocycles. The van der Waals surface area contributed by atoms with Crippen molar-refractivity contribution in [2.45, 2.75) is 37.9 Å². The summed E-state index contributed by atoms with van der Waals surface area (Å²) in [7, 11) is 0. The summed E-state index contributed by atoms with van der Waals surface area (Å²) < 4.78 is 6.71. The van der Waals surface area contributed by atoms with Crippen LogP contribution in [0.4, 0.5) is 4.79 Å². The minimum absolute atomic E-state index is 0.244. The Morgan fingerprint density at radius 2 is 2.18 bits per heavy atom. The largest absolute Gasteiger partial charge is 0.450 e. The zero-order chi connectivity index (χ0) is 15.7. The van der Waals surface area contributed by atoms with Gasteiger partial charge in [-0.05, 0) is 38.3 Å². The molecule has 0 bridgehead atoms. The van der Waals surface area contributed by atoms with Crippen molar-refractivity contribution in [3.8, 4) is 0 Å². The van der Waals surface area contributed by atoms with E-state index < -0.39 is 17.8 Å². The highest BCUT2D eigenvalue weighted by molar-refractivity contribution is 6.21. The molecule has 1 amide bonds. The molecule has 118 valence electrons. The molecule has 1 aliphatic heterocycles. The number of halogens is 1. The first kappa shape index (κ1) is 15.0. The van der Waals surface area contributed by atoms with Gasteiger partial charge >= 0.3 is 11.8 Å². The number of carbonyl (C=O) groups excluding carboxylic acids is 1. The molecule has 1 aromatic heterocycles. The summed E-state index contributed by atoms with van der Waals surface area (Å²) in [5.41, 5.74) is 0.787. The quantitative estimate of drug-likeness (QED) is 0.682. The van der Waals surface area contributed by atoms with Gasteiger partial charge in [0, 0.05) is 0 Å². The maximum atomic E-state index is 12.4. The number of alkyl halides is 1. The third-order valence-corrected chi connectivity index (χ3v) is 4.36. The third kappa shape index (κ3) is 2.47. The number of aromatic nitrogens is 2. The van der Waals surface area contributed by atoms with Gasteiger partial charge in [0.05, 0.1) is 17.6 Å². The number of benzene rings is 1. The average Bonchev–Trinajstić information content (AvgIpc) is 2.82. The van der Waals surface area contributed by atoms with E-state index in [1.807, 2.05) is 24.3 Å². The lowest BCUT2D eigenvalue weighted by Crippen LogP contribution is -2.47. The van der Waals surface area contributed by atoms with E-state index in [-0.39, 0.29) is 12.3 Å². The van der Waals surface area contributed by atoms with E-state index in [1.54, 1.807) is 11.5 Å². The van der Waals surface area contributed by atoms with Gasteiger partial charge in [-0.15, -0.1) is 0 Å². The number of piperidine rings is 1. The zero-order valence-corrected chi connectivity index (χ0v) is 13.0. The Morgan fingerprint density at radius 1 is 1.41 bits per heavy atom. The number of fused-ring (bicyclic) bond motifs is 1. The van der Waals surface area contributed by atoms with Crippen LogP contribution in [0.1, 0.15) is 32.4 Å². The number of nitrogens with zero attached hydrogens (tertiary/aromatic N) is 2. The van der Waals surface area contributed by atoms with Crippen molar-refractivity contribution in [1.82, 2.24) is 14.5 Å². The van der Waals surface area contributed by atoms with Crippen LogP contribution in [0.2, 0.25) is 0 Å². The second-order valence-electron chi connectivity index (χ2n) is 5.27. The number of likely N-dealkylation sites (tertiary alicyclic amines) is 1. The summed E-state index contributed by atoms with van der Waals surface area (Å²) >= 11 is 6.33. The van der Waals surface area contributed by atoms with Crippen molar-refractivity contribution in [3.63, 3.8) is 0 Å². The highest BCUT2D eigenvalue weighted by Crippen LogP contribution is 2.33. The lowest BCUT2D eigenvalue weighted by Gasteiger charge is -2.38. The van der Waals surface area contributed by atoms with Crippen LogP contribution in [0.5, 0.6) is 0 Å². The summed E-state index contributed by atoms with van der Waals surface area (Å²) in [6, 6.07) is 7.41. The molecule has 0 spiro atoms. The SMILES string of the molecule is CCOC(=O)N1C(Cl)CCCC1n1c(=O)[nH]c2ccccc21. The first-order valence-electron chi connectivity index (χ1n) is 7.42. The second kappa shape index (κ2) is 6.04. The van der Waals surface area contributed by atoms with E-state index in [9.17, 15) is 9.59 Å². The molecule has 0 aliphatic carbocycles. The maximum absolute atomic E-state index is 12.4. The molecule has 1 aromatic carbocycles. The number of hydrogen-bond donors (Lipinski definition) is 1. The van der Waals surface area contributed by atoms with Crippen LogP contribution in [0, 0.1) is 0 Å². The molecule has 2 aromatic rings. The van der Waals surface area contributed by atoms with Crippen LogP contribution in [-0.4, -0.2) is 32.7 Å². The molecular weight excluding hydrogens is 306 g/mol. The van der Waals surface area contributed by atoms with E-state index in [0.717, 1.165) is 17.5 Å². The van der Waals surface area contributed by atoms with Crippen molar-refractivity contribution < 1.29 is 9.53 Å². The zero-order valence-electron chi connectivity index (χ0n) is 12.3. The highest BCUT2D eigenvalue weighted by Gasteiger charge is 2.36. The number of hydrogen-bond acceptors (Lipinski definition) is 3. The fourth-order valence-electron chi connectivity index (χ4n) is 2.99. The van der Waals surface area contributed by atoms with Gasteiger partial charge in [-0.1, -0.05) is 23.7 Å². The molecule has 3 rings (SSSR count). The smallest absolute Gasteiger partial charge is 0.412 e. The second-order valence-corrected chi connectivity index (χ2v) is 5.77. The molecular formula is C15H18ClN3O3. The molecule has 1 fully saturated rings. The molecule has 2 atom stereocenters. The monoisotopic (exact) mass is 323 g/mol.